The molecule has 1 N–H and O–H groups in total. The van der Waals surface area contributed by atoms with Crippen LogP contribution in [0.4, 0.5) is 0 Å². The van der Waals surface area contributed by atoms with Gasteiger partial charge in [0.05, 0.1) is 5.52 Å². The molecule has 21 heavy (non-hydrogen) atoms. The Morgan fingerprint density at radius 1 is 1.10 bits per heavy atom. The number of hydrogen-bond donors (Lipinski definition) is 1. The van der Waals surface area contributed by atoms with Crippen LogP contribution < -0.4 is 5.32 Å². The van der Waals surface area contributed by atoms with Gasteiger partial charge < -0.3 is 5.32 Å². The quantitative estimate of drug-likeness (QED) is 0.875. The van der Waals surface area contributed by atoms with E-state index in [1.54, 1.807) is 0 Å². The Bertz CT molecular complexity index is 559. The highest BCUT2D eigenvalue weighted by molar-refractivity contribution is 6.32. The van der Waals surface area contributed by atoms with Crippen LogP contribution >= 0.6 is 48.8 Å². The molecule has 1 fully saturated rings. The largest absolute Gasteiger partial charge is 0.314 e. The fourth-order valence-electron chi connectivity index (χ4n) is 2.42. The zero-order valence-corrected chi connectivity index (χ0v) is 14.6. The number of pyridine rings is 1. The molecule has 0 atom stereocenters. The topological polar surface area (TPSA) is 28.2 Å². The molecular formula is C14H19Cl4N3. The molecule has 0 amide bonds. The summed E-state index contributed by atoms with van der Waals surface area (Å²) in [5, 5.41) is 5.34. The maximum atomic E-state index is 6.34. The maximum Gasteiger partial charge on any atom is 0.0761 e. The lowest BCUT2D eigenvalue weighted by Crippen LogP contribution is -2.42. The van der Waals surface area contributed by atoms with E-state index in [0.717, 1.165) is 54.2 Å². The molecule has 1 aromatic carbocycles. The first-order chi connectivity index (χ1) is 8.84. The minimum Gasteiger partial charge on any atom is -0.314 e. The second-order valence-electron chi connectivity index (χ2n) is 4.63. The van der Waals surface area contributed by atoms with Crippen LogP contribution in [0.5, 0.6) is 0 Å². The van der Waals surface area contributed by atoms with E-state index in [4.69, 9.17) is 11.6 Å². The molecule has 2 aromatic rings. The number of piperazine rings is 1. The smallest absolute Gasteiger partial charge is 0.0761 e. The Morgan fingerprint density at radius 3 is 2.52 bits per heavy atom. The molecule has 1 saturated heterocycles. The Balaban J connectivity index is 0.00000133. The van der Waals surface area contributed by atoms with Crippen LogP contribution in [-0.2, 0) is 6.54 Å². The lowest BCUT2D eigenvalue weighted by atomic mass is 10.1. The van der Waals surface area contributed by atoms with Crippen LogP contribution in [0.2, 0.25) is 5.02 Å². The van der Waals surface area contributed by atoms with Gasteiger partial charge in [-0.3, -0.25) is 9.88 Å². The van der Waals surface area contributed by atoms with Crippen molar-refractivity contribution in [1.29, 1.82) is 0 Å². The lowest BCUT2D eigenvalue weighted by Gasteiger charge is -2.27. The fraction of sp³-hybridized carbons (Fsp3) is 0.357. The van der Waals surface area contributed by atoms with Gasteiger partial charge in [-0.25, -0.2) is 0 Å². The molecule has 118 valence electrons. The molecule has 1 aliphatic heterocycles. The minimum absolute atomic E-state index is 0. The number of benzene rings is 1. The molecule has 0 saturated carbocycles. The number of nitrogens with one attached hydrogen (secondary N) is 1. The lowest BCUT2D eigenvalue weighted by molar-refractivity contribution is 0.234. The third kappa shape index (κ3) is 4.85. The van der Waals surface area contributed by atoms with Crippen molar-refractivity contribution in [2.45, 2.75) is 6.54 Å². The van der Waals surface area contributed by atoms with Crippen molar-refractivity contribution in [3.63, 3.8) is 0 Å². The summed E-state index contributed by atoms with van der Waals surface area (Å²) in [7, 11) is 0. The predicted octanol–water partition coefficient (Wildman–Crippen LogP) is 3.56. The minimum atomic E-state index is 0. The molecule has 3 nitrogen and oxygen atoms in total. The van der Waals surface area contributed by atoms with Crippen molar-refractivity contribution in [2.75, 3.05) is 26.2 Å². The Morgan fingerprint density at radius 2 is 1.81 bits per heavy atom. The third-order valence-electron chi connectivity index (χ3n) is 3.41. The highest BCUT2D eigenvalue weighted by Gasteiger charge is 2.14. The Hall–Kier alpha value is -0.290. The van der Waals surface area contributed by atoms with Crippen LogP contribution in [0.3, 0.4) is 0 Å². The van der Waals surface area contributed by atoms with Gasteiger partial charge in [-0.05, 0) is 12.1 Å². The van der Waals surface area contributed by atoms with Crippen molar-refractivity contribution in [2.24, 2.45) is 0 Å². The van der Waals surface area contributed by atoms with Gasteiger partial charge in [-0.1, -0.05) is 23.7 Å². The van der Waals surface area contributed by atoms with Crippen LogP contribution in [0.1, 0.15) is 5.56 Å². The van der Waals surface area contributed by atoms with Gasteiger partial charge in [0.15, 0.2) is 0 Å². The summed E-state index contributed by atoms with van der Waals surface area (Å²) in [6, 6.07) is 8.06. The van der Waals surface area contributed by atoms with E-state index in [1.807, 2.05) is 24.4 Å². The fourth-order valence-corrected chi connectivity index (χ4v) is 2.64. The summed E-state index contributed by atoms with van der Waals surface area (Å²) < 4.78 is 0. The monoisotopic (exact) mass is 369 g/mol. The van der Waals surface area contributed by atoms with E-state index in [9.17, 15) is 0 Å². The number of nitrogens with zero attached hydrogens (tertiary/aromatic N) is 2. The second kappa shape index (κ2) is 9.67. The molecule has 3 rings (SSSR count). The summed E-state index contributed by atoms with van der Waals surface area (Å²) in [5.74, 6) is 0. The number of rotatable bonds is 2. The van der Waals surface area contributed by atoms with Crippen molar-refractivity contribution >= 4 is 59.7 Å². The van der Waals surface area contributed by atoms with Gasteiger partial charge in [0.2, 0.25) is 0 Å². The first-order valence-electron chi connectivity index (χ1n) is 6.30. The van der Waals surface area contributed by atoms with Gasteiger partial charge >= 0.3 is 0 Å². The molecule has 0 spiro atoms. The van der Waals surface area contributed by atoms with Crippen LogP contribution in [0.25, 0.3) is 10.9 Å². The summed E-state index contributed by atoms with van der Waals surface area (Å²) in [6.45, 7) is 5.12. The molecule has 2 heterocycles. The van der Waals surface area contributed by atoms with Crippen molar-refractivity contribution in [3.05, 3.63) is 41.0 Å². The normalized spacial score (nSPS) is 14.7. The molecule has 1 aromatic heterocycles. The van der Waals surface area contributed by atoms with Crippen molar-refractivity contribution in [1.82, 2.24) is 15.2 Å². The van der Waals surface area contributed by atoms with Gasteiger partial charge in [0.1, 0.15) is 0 Å². The second-order valence-corrected chi connectivity index (χ2v) is 5.03. The Kier molecular flexibility index (Phi) is 9.54. The van der Waals surface area contributed by atoms with Gasteiger partial charge in [0.25, 0.3) is 0 Å². The van der Waals surface area contributed by atoms with Crippen LogP contribution in [0, 0.1) is 0 Å². The highest BCUT2D eigenvalue weighted by atomic mass is 35.5. The SMILES string of the molecule is Cl.Cl.Cl.Clc1ccc2cccnc2c1CN1CCNCC1. The van der Waals surface area contributed by atoms with Crippen molar-refractivity contribution in [3.8, 4) is 0 Å². The zero-order chi connectivity index (χ0) is 12.4. The first kappa shape index (κ1) is 20.7. The molecule has 7 heteroatoms. The number of hydrogen-bond acceptors (Lipinski definition) is 3. The molecule has 0 radical (unpaired) electrons. The molecular weight excluding hydrogens is 352 g/mol. The summed E-state index contributed by atoms with van der Waals surface area (Å²) >= 11 is 6.34. The Labute approximate surface area is 148 Å². The van der Waals surface area contributed by atoms with Gasteiger partial charge in [-0.15, -0.1) is 37.2 Å². The van der Waals surface area contributed by atoms with E-state index < -0.39 is 0 Å². The summed E-state index contributed by atoms with van der Waals surface area (Å²) in [6.07, 6.45) is 1.83. The highest BCUT2D eigenvalue weighted by Crippen LogP contribution is 2.25. The molecule has 1 aliphatic rings. The van der Waals surface area contributed by atoms with E-state index in [0.29, 0.717) is 0 Å². The average molecular weight is 371 g/mol. The first-order valence-corrected chi connectivity index (χ1v) is 6.67. The average Bonchev–Trinajstić information content (AvgIpc) is 2.43. The zero-order valence-electron chi connectivity index (χ0n) is 11.4. The number of halogens is 4. The standard InChI is InChI=1S/C14H16ClN3.3ClH/c15-13-4-3-11-2-1-5-17-14(11)12(13)10-18-8-6-16-7-9-18;;;/h1-5,16H,6-10H2;3*1H. The molecule has 0 bridgehead atoms. The third-order valence-corrected chi connectivity index (χ3v) is 3.77. The molecule has 0 unspecified atom stereocenters. The van der Waals surface area contributed by atoms with Crippen LogP contribution in [0.15, 0.2) is 30.5 Å². The van der Waals surface area contributed by atoms with Gasteiger partial charge in [0, 0.05) is 54.9 Å². The van der Waals surface area contributed by atoms with Gasteiger partial charge in [-0.2, -0.15) is 0 Å². The number of aromatic nitrogens is 1. The van der Waals surface area contributed by atoms with E-state index >= 15 is 0 Å². The van der Waals surface area contributed by atoms with Crippen LogP contribution in [-0.4, -0.2) is 36.1 Å². The summed E-state index contributed by atoms with van der Waals surface area (Å²) in [5.41, 5.74) is 2.18. The summed E-state index contributed by atoms with van der Waals surface area (Å²) in [4.78, 5) is 6.90. The van der Waals surface area contributed by atoms with E-state index in [-0.39, 0.29) is 37.2 Å². The van der Waals surface area contributed by atoms with E-state index in [1.165, 1.54) is 0 Å². The predicted molar refractivity (Wildman–Crippen MR) is 96.6 cm³/mol. The van der Waals surface area contributed by atoms with Crippen molar-refractivity contribution < 1.29 is 0 Å². The van der Waals surface area contributed by atoms with E-state index in [2.05, 4.69) is 21.3 Å². The maximum absolute atomic E-state index is 6.34. The number of fused-ring (bicyclic) bond motifs is 1. The molecule has 0 aliphatic carbocycles.